The molecule has 0 saturated carbocycles. The Labute approximate surface area is 122 Å². The summed E-state index contributed by atoms with van der Waals surface area (Å²) < 4.78 is 0. The summed E-state index contributed by atoms with van der Waals surface area (Å²) in [5, 5.41) is 3.20. The van der Waals surface area contributed by atoms with Gasteiger partial charge in [0.15, 0.2) is 0 Å². The molecular formula is C17H26N2O. The molecule has 1 amide bonds. The molecule has 0 aromatic heterocycles. The second-order valence-electron chi connectivity index (χ2n) is 5.55. The van der Waals surface area contributed by atoms with Gasteiger partial charge in [0.1, 0.15) is 0 Å². The fourth-order valence-electron chi connectivity index (χ4n) is 3.07. The number of benzene rings is 1. The van der Waals surface area contributed by atoms with E-state index in [1.807, 2.05) is 25.2 Å². The van der Waals surface area contributed by atoms with Crippen LogP contribution in [0.1, 0.15) is 48.5 Å². The van der Waals surface area contributed by atoms with Gasteiger partial charge in [0.05, 0.1) is 0 Å². The first-order valence-electron chi connectivity index (χ1n) is 7.81. The Kier molecular flexibility index (Phi) is 5.60. The molecule has 1 atom stereocenters. The van der Waals surface area contributed by atoms with Crippen LogP contribution in [-0.2, 0) is 6.42 Å². The van der Waals surface area contributed by atoms with E-state index in [1.54, 1.807) is 0 Å². The molecule has 1 aromatic carbocycles. The lowest BCUT2D eigenvalue weighted by Gasteiger charge is -2.36. The lowest BCUT2D eigenvalue weighted by atomic mass is 9.96. The van der Waals surface area contributed by atoms with Gasteiger partial charge in [0, 0.05) is 18.2 Å². The second-order valence-corrected chi connectivity index (χ2v) is 5.55. The van der Waals surface area contributed by atoms with Crippen molar-refractivity contribution < 1.29 is 4.79 Å². The van der Waals surface area contributed by atoms with E-state index in [9.17, 15) is 4.79 Å². The van der Waals surface area contributed by atoms with Gasteiger partial charge in [-0.1, -0.05) is 25.1 Å². The van der Waals surface area contributed by atoms with Crippen molar-refractivity contribution in [2.24, 2.45) is 0 Å². The van der Waals surface area contributed by atoms with Gasteiger partial charge in [-0.2, -0.15) is 0 Å². The lowest BCUT2D eigenvalue weighted by Crippen LogP contribution is -2.45. The van der Waals surface area contributed by atoms with Crippen LogP contribution < -0.4 is 5.32 Å². The number of carbonyl (C=O) groups is 1. The zero-order valence-corrected chi connectivity index (χ0v) is 12.7. The Morgan fingerprint density at radius 2 is 2.15 bits per heavy atom. The van der Waals surface area contributed by atoms with Gasteiger partial charge in [0.25, 0.3) is 5.91 Å². The van der Waals surface area contributed by atoms with Crippen LogP contribution in [0.3, 0.4) is 0 Å². The fourth-order valence-corrected chi connectivity index (χ4v) is 3.07. The minimum Gasteiger partial charge on any atom is -0.336 e. The van der Waals surface area contributed by atoms with Crippen molar-refractivity contribution in [2.45, 2.75) is 45.1 Å². The van der Waals surface area contributed by atoms with Crippen molar-refractivity contribution >= 4 is 5.91 Å². The molecule has 1 N–H and O–H groups in total. The summed E-state index contributed by atoms with van der Waals surface area (Å²) >= 11 is 0. The van der Waals surface area contributed by atoms with Gasteiger partial charge >= 0.3 is 0 Å². The number of amides is 1. The zero-order chi connectivity index (χ0) is 14.4. The van der Waals surface area contributed by atoms with Crippen LogP contribution in [0.25, 0.3) is 0 Å². The van der Waals surface area contributed by atoms with Crippen LogP contribution in [0.15, 0.2) is 24.3 Å². The highest BCUT2D eigenvalue weighted by Gasteiger charge is 2.27. The first-order valence-corrected chi connectivity index (χ1v) is 7.81. The van der Waals surface area contributed by atoms with Crippen LogP contribution in [-0.4, -0.2) is 37.0 Å². The summed E-state index contributed by atoms with van der Waals surface area (Å²) in [6, 6.07) is 8.43. The first-order chi connectivity index (χ1) is 9.77. The van der Waals surface area contributed by atoms with Crippen molar-refractivity contribution in [2.75, 3.05) is 20.1 Å². The van der Waals surface area contributed by atoms with E-state index < -0.39 is 0 Å². The number of hydrogen-bond acceptors (Lipinski definition) is 2. The standard InChI is InChI=1S/C17H26N2O/c1-3-14-8-4-5-10-16(14)17(20)19-13-7-6-9-15(19)11-12-18-2/h4-5,8,10,15,18H,3,6-7,9,11-13H2,1-2H3. The van der Waals surface area contributed by atoms with Crippen LogP contribution in [0.4, 0.5) is 0 Å². The van der Waals surface area contributed by atoms with E-state index in [0.717, 1.165) is 49.9 Å². The number of aryl methyl sites for hydroxylation is 1. The molecule has 0 aliphatic carbocycles. The molecule has 1 saturated heterocycles. The molecule has 0 radical (unpaired) electrons. The largest absolute Gasteiger partial charge is 0.336 e. The van der Waals surface area contributed by atoms with Gasteiger partial charge in [-0.3, -0.25) is 4.79 Å². The quantitative estimate of drug-likeness (QED) is 0.895. The monoisotopic (exact) mass is 274 g/mol. The van der Waals surface area contributed by atoms with Gasteiger partial charge < -0.3 is 10.2 Å². The third-order valence-corrected chi connectivity index (χ3v) is 4.24. The molecule has 3 heteroatoms. The Balaban J connectivity index is 2.16. The maximum absolute atomic E-state index is 12.9. The molecule has 20 heavy (non-hydrogen) atoms. The number of hydrogen-bond donors (Lipinski definition) is 1. The average Bonchev–Trinajstić information content (AvgIpc) is 2.52. The van der Waals surface area contributed by atoms with E-state index in [4.69, 9.17) is 0 Å². The summed E-state index contributed by atoms with van der Waals surface area (Å²) in [7, 11) is 1.97. The van der Waals surface area contributed by atoms with Gasteiger partial charge in [-0.05, 0) is 57.3 Å². The minimum atomic E-state index is 0.225. The predicted molar refractivity (Wildman–Crippen MR) is 83.0 cm³/mol. The van der Waals surface area contributed by atoms with E-state index in [2.05, 4.69) is 23.2 Å². The third-order valence-electron chi connectivity index (χ3n) is 4.24. The van der Waals surface area contributed by atoms with Gasteiger partial charge in [-0.15, -0.1) is 0 Å². The zero-order valence-electron chi connectivity index (χ0n) is 12.7. The van der Waals surface area contributed by atoms with Crippen LogP contribution in [0.5, 0.6) is 0 Å². The van der Waals surface area contributed by atoms with E-state index in [1.165, 1.54) is 6.42 Å². The van der Waals surface area contributed by atoms with E-state index in [0.29, 0.717) is 6.04 Å². The normalized spacial score (nSPS) is 19.1. The molecule has 1 aromatic rings. The van der Waals surface area contributed by atoms with Crippen molar-refractivity contribution in [3.05, 3.63) is 35.4 Å². The minimum absolute atomic E-state index is 0.225. The maximum atomic E-state index is 12.9. The average molecular weight is 274 g/mol. The van der Waals surface area contributed by atoms with Crippen LogP contribution in [0.2, 0.25) is 0 Å². The number of nitrogens with zero attached hydrogens (tertiary/aromatic N) is 1. The molecule has 0 spiro atoms. The van der Waals surface area contributed by atoms with E-state index in [-0.39, 0.29) is 5.91 Å². The number of nitrogens with one attached hydrogen (secondary N) is 1. The lowest BCUT2D eigenvalue weighted by molar-refractivity contribution is 0.0601. The first kappa shape index (κ1) is 15.0. The molecule has 1 aliphatic rings. The smallest absolute Gasteiger partial charge is 0.254 e. The second kappa shape index (κ2) is 7.44. The summed E-state index contributed by atoms with van der Waals surface area (Å²) in [5.41, 5.74) is 2.06. The molecule has 3 nitrogen and oxygen atoms in total. The molecule has 0 bridgehead atoms. The van der Waals surface area contributed by atoms with Crippen molar-refractivity contribution in [3.8, 4) is 0 Å². The van der Waals surface area contributed by atoms with Gasteiger partial charge in [0.2, 0.25) is 0 Å². The highest BCUT2D eigenvalue weighted by atomic mass is 16.2. The Morgan fingerprint density at radius 1 is 1.35 bits per heavy atom. The van der Waals surface area contributed by atoms with Gasteiger partial charge in [-0.25, -0.2) is 0 Å². The Hall–Kier alpha value is -1.35. The number of carbonyl (C=O) groups excluding carboxylic acids is 1. The molecule has 110 valence electrons. The highest BCUT2D eigenvalue weighted by molar-refractivity contribution is 5.96. The third kappa shape index (κ3) is 3.40. The molecule has 1 unspecified atom stereocenters. The van der Waals surface area contributed by atoms with Crippen LogP contribution in [0, 0.1) is 0 Å². The Morgan fingerprint density at radius 3 is 2.90 bits per heavy atom. The maximum Gasteiger partial charge on any atom is 0.254 e. The van der Waals surface area contributed by atoms with Crippen LogP contribution >= 0.6 is 0 Å². The predicted octanol–water partition coefficient (Wildman–Crippen LogP) is 2.85. The number of likely N-dealkylation sites (tertiary alicyclic amines) is 1. The summed E-state index contributed by atoms with van der Waals surface area (Å²) in [5.74, 6) is 0.225. The molecule has 2 rings (SSSR count). The van der Waals surface area contributed by atoms with E-state index >= 15 is 0 Å². The molecule has 1 fully saturated rings. The summed E-state index contributed by atoms with van der Waals surface area (Å²) in [4.78, 5) is 15.0. The highest BCUT2D eigenvalue weighted by Crippen LogP contribution is 2.23. The number of rotatable bonds is 5. The fraction of sp³-hybridized carbons (Fsp3) is 0.588. The molecular weight excluding hydrogens is 248 g/mol. The van der Waals surface area contributed by atoms with Crippen molar-refractivity contribution in [1.82, 2.24) is 10.2 Å². The van der Waals surface area contributed by atoms with Crippen molar-refractivity contribution in [3.63, 3.8) is 0 Å². The summed E-state index contributed by atoms with van der Waals surface area (Å²) in [6.45, 7) is 4.00. The molecule has 1 aliphatic heterocycles. The SMILES string of the molecule is CCc1ccccc1C(=O)N1CCCCC1CCNC. The Bertz CT molecular complexity index is 444. The topological polar surface area (TPSA) is 32.3 Å². The summed E-state index contributed by atoms with van der Waals surface area (Å²) in [6.07, 6.45) is 5.48. The number of piperidine rings is 1. The molecule has 1 heterocycles. The van der Waals surface area contributed by atoms with Crippen molar-refractivity contribution in [1.29, 1.82) is 0 Å².